The lowest BCUT2D eigenvalue weighted by Gasteiger charge is -2.23. The van der Waals surface area contributed by atoms with Gasteiger partial charge in [-0.3, -0.25) is 4.79 Å². The Bertz CT molecular complexity index is 619. The van der Waals surface area contributed by atoms with Crippen LogP contribution in [0, 0.1) is 11.1 Å². The molecule has 0 spiro atoms. The number of benzene rings is 1. The Morgan fingerprint density at radius 1 is 1.14 bits per heavy atom. The van der Waals surface area contributed by atoms with Gasteiger partial charge in [0.25, 0.3) is 5.91 Å². The van der Waals surface area contributed by atoms with Gasteiger partial charge in [-0.2, -0.15) is 4.73 Å². The molecule has 0 aliphatic rings. The zero-order valence-electron chi connectivity index (χ0n) is 13.2. The average Bonchev–Trinajstić information content (AvgIpc) is 2.53. The van der Waals surface area contributed by atoms with Crippen molar-refractivity contribution in [3.05, 3.63) is 70.7 Å². The molecule has 22 heavy (non-hydrogen) atoms. The van der Waals surface area contributed by atoms with Crippen molar-refractivity contribution in [2.45, 2.75) is 33.2 Å². The van der Waals surface area contributed by atoms with Gasteiger partial charge in [-0.15, -0.1) is 0 Å². The minimum Gasteiger partial charge on any atom is -0.619 e. The molecule has 1 aromatic carbocycles. The Hall–Kier alpha value is -2.36. The van der Waals surface area contributed by atoms with Crippen LogP contribution < -0.4 is 10.0 Å². The predicted molar refractivity (Wildman–Crippen MR) is 86.3 cm³/mol. The number of carbonyl (C=O) groups excluding carboxylic acids is 1. The maximum Gasteiger partial charge on any atom is 0.252 e. The second kappa shape index (κ2) is 7.07. The summed E-state index contributed by atoms with van der Waals surface area (Å²) in [6, 6.07) is 11.3. The summed E-state index contributed by atoms with van der Waals surface area (Å²) in [4.78, 5) is 12.3. The van der Waals surface area contributed by atoms with E-state index in [0.29, 0.717) is 10.3 Å². The molecule has 0 bridgehead atoms. The van der Waals surface area contributed by atoms with Crippen LogP contribution in [-0.2, 0) is 6.42 Å². The molecule has 1 unspecified atom stereocenters. The highest BCUT2D eigenvalue weighted by molar-refractivity contribution is 5.94. The molecule has 0 saturated heterocycles. The summed E-state index contributed by atoms with van der Waals surface area (Å²) in [5.74, 6) is 0.100. The van der Waals surface area contributed by atoms with Crippen molar-refractivity contribution in [1.29, 1.82) is 0 Å². The summed E-state index contributed by atoms with van der Waals surface area (Å²) in [5, 5.41) is 14.1. The van der Waals surface area contributed by atoms with E-state index >= 15 is 0 Å². The monoisotopic (exact) mass is 298 g/mol. The minimum atomic E-state index is -0.168. The van der Waals surface area contributed by atoms with E-state index < -0.39 is 0 Å². The fourth-order valence-electron chi connectivity index (χ4n) is 2.38. The van der Waals surface area contributed by atoms with E-state index in [1.54, 1.807) is 0 Å². The highest BCUT2D eigenvalue weighted by Crippen LogP contribution is 2.22. The first-order valence-corrected chi connectivity index (χ1v) is 7.59. The minimum absolute atomic E-state index is 0.0574. The van der Waals surface area contributed by atoms with Crippen LogP contribution in [0.3, 0.4) is 0 Å². The van der Waals surface area contributed by atoms with Crippen molar-refractivity contribution in [1.82, 2.24) is 5.32 Å². The Kier molecular flexibility index (Phi) is 5.15. The highest BCUT2D eigenvalue weighted by Gasteiger charge is 2.19. The lowest BCUT2D eigenvalue weighted by molar-refractivity contribution is -0.605. The van der Waals surface area contributed by atoms with Crippen LogP contribution in [0.2, 0.25) is 0 Å². The quantitative estimate of drug-likeness (QED) is 0.681. The molecule has 0 fully saturated rings. The van der Waals surface area contributed by atoms with Crippen LogP contribution in [0.5, 0.6) is 0 Å². The van der Waals surface area contributed by atoms with Crippen LogP contribution in [0.15, 0.2) is 48.8 Å². The average molecular weight is 298 g/mol. The van der Waals surface area contributed by atoms with Crippen LogP contribution in [0.25, 0.3) is 0 Å². The lowest BCUT2D eigenvalue weighted by Crippen LogP contribution is -2.32. The van der Waals surface area contributed by atoms with Gasteiger partial charge in [0.05, 0.1) is 11.6 Å². The number of pyridine rings is 1. The highest BCUT2D eigenvalue weighted by atomic mass is 16.5. The van der Waals surface area contributed by atoms with Gasteiger partial charge in [0.15, 0.2) is 12.4 Å². The van der Waals surface area contributed by atoms with Gasteiger partial charge in [0.2, 0.25) is 0 Å². The molecule has 1 heterocycles. The summed E-state index contributed by atoms with van der Waals surface area (Å²) in [5.41, 5.74) is 2.86. The Labute approximate surface area is 131 Å². The molecule has 1 amide bonds. The number of hydrogen-bond acceptors (Lipinski definition) is 2. The summed E-state index contributed by atoms with van der Waals surface area (Å²) in [7, 11) is 0. The van der Waals surface area contributed by atoms with E-state index in [1.807, 2.05) is 0 Å². The van der Waals surface area contributed by atoms with Gasteiger partial charge in [-0.25, -0.2) is 0 Å². The summed E-state index contributed by atoms with van der Waals surface area (Å²) in [6.07, 6.45) is 3.66. The normalized spacial score (nSPS) is 12.2. The van der Waals surface area contributed by atoms with E-state index in [-0.39, 0.29) is 17.9 Å². The first-order chi connectivity index (χ1) is 10.5. The molecule has 2 rings (SSSR count). The molecular weight excluding hydrogens is 276 g/mol. The molecule has 4 heteroatoms. The lowest BCUT2D eigenvalue weighted by atomic mass is 9.94. The molecule has 1 N–H and O–H groups in total. The number of carbonyl (C=O) groups is 1. The molecule has 0 aliphatic heterocycles. The summed E-state index contributed by atoms with van der Waals surface area (Å²) in [6.45, 7) is 6.28. The van der Waals surface area contributed by atoms with E-state index in [1.165, 1.54) is 30.1 Å². The third-order valence-corrected chi connectivity index (χ3v) is 3.76. The van der Waals surface area contributed by atoms with Crippen molar-refractivity contribution in [2.24, 2.45) is 5.92 Å². The van der Waals surface area contributed by atoms with Crippen molar-refractivity contribution in [2.75, 3.05) is 0 Å². The summed E-state index contributed by atoms with van der Waals surface area (Å²) < 4.78 is 0.667. The molecule has 1 atom stereocenters. The van der Waals surface area contributed by atoms with Crippen LogP contribution in [0.1, 0.15) is 48.3 Å². The molecule has 0 aliphatic carbocycles. The molecule has 116 valence electrons. The number of aromatic nitrogens is 1. The first kappa shape index (κ1) is 16.0. The predicted octanol–water partition coefficient (Wildman–Crippen LogP) is 3.01. The van der Waals surface area contributed by atoms with Gasteiger partial charge >= 0.3 is 0 Å². The van der Waals surface area contributed by atoms with Gasteiger partial charge in [-0.05, 0) is 23.5 Å². The van der Waals surface area contributed by atoms with E-state index in [9.17, 15) is 10.0 Å². The first-order valence-electron chi connectivity index (χ1n) is 7.59. The number of aryl methyl sites for hydroxylation is 1. The maximum absolute atomic E-state index is 12.3. The largest absolute Gasteiger partial charge is 0.619 e. The van der Waals surface area contributed by atoms with Crippen molar-refractivity contribution in [3.8, 4) is 0 Å². The molecule has 1 aromatic heterocycles. The van der Waals surface area contributed by atoms with Crippen LogP contribution >= 0.6 is 0 Å². The standard InChI is InChI=1S/C18H22N2O2/c1-4-14-5-7-15(8-6-14)17(13(2)3)19-18(21)16-9-11-20(22)12-10-16/h5-13,17H,4H2,1-3H3,(H,19,21). The summed E-state index contributed by atoms with van der Waals surface area (Å²) >= 11 is 0. The number of nitrogens with one attached hydrogen (secondary N) is 1. The number of amides is 1. The molecule has 4 nitrogen and oxygen atoms in total. The maximum atomic E-state index is 12.3. The van der Waals surface area contributed by atoms with Gasteiger partial charge in [0, 0.05) is 12.1 Å². The van der Waals surface area contributed by atoms with Crippen molar-refractivity contribution >= 4 is 5.91 Å². The number of hydrogen-bond donors (Lipinski definition) is 1. The second-order valence-electron chi connectivity index (χ2n) is 5.74. The van der Waals surface area contributed by atoms with Crippen molar-refractivity contribution in [3.63, 3.8) is 0 Å². The topological polar surface area (TPSA) is 56.0 Å². The van der Waals surface area contributed by atoms with Gasteiger partial charge in [-0.1, -0.05) is 45.0 Å². The number of nitrogens with zero attached hydrogens (tertiary/aromatic N) is 1. The fourth-order valence-corrected chi connectivity index (χ4v) is 2.38. The van der Waals surface area contributed by atoms with Gasteiger partial charge in [0.1, 0.15) is 0 Å². The smallest absolute Gasteiger partial charge is 0.252 e. The molecule has 0 radical (unpaired) electrons. The fraction of sp³-hybridized carbons (Fsp3) is 0.333. The SMILES string of the molecule is CCc1ccc(C(NC(=O)c2cc[n+]([O-])cc2)C(C)C)cc1. The number of rotatable bonds is 5. The second-order valence-corrected chi connectivity index (χ2v) is 5.74. The van der Waals surface area contributed by atoms with E-state index in [0.717, 1.165) is 12.0 Å². The van der Waals surface area contributed by atoms with E-state index in [2.05, 4.69) is 50.4 Å². The third kappa shape index (κ3) is 3.85. The third-order valence-electron chi connectivity index (χ3n) is 3.76. The molecular formula is C18H22N2O2. The Balaban J connectivity index is 2.17. The molecule has 0 saturated carbocycles. The van der Waals surface area contributed by atoms with Crippen LogP contribution in [-0.4, -0.2) is 5.91 Å². The zero-order chi connectivity index (χ0) is 16.1. The van der Waals surface area contributed by atoms with Crippen LogP contribution in [0.4, 0.5) is 0 Å². The Morgan fingerprint density at radius 3 is 2.23 bits per heavy atom. The van der Waals surface area contributed by atoms with Gasteiger partial charge < -0.3 is 10.5 Å². The Morgan fingerprint density at radius 2 is 1.73 bits per heavy atom. The zero-order valence-corrected chi connectivity index (χ0v) is 13.2. The van der Waals surface area contributed by atoms with Crippen molar-refractivity contribution < 1.29 is 9.52 Å². The van der Waals surface area contributed by atoms with E-state index in [4.69, 9.17) is 0 Å². The molecule has 2 aromatic rings.